The number of nitrogens with zero attached hydrogens (tertiary/aromatic N) is 2. The van der Waals surface area contributed by atoms with Crippen LogP contribution < -0.4 is 10.6 Å². The maximum atomic E-state index is 7.50. The molecule has 1 aromatic carbocycles. The molecule has 1 unspecified atom stereocenters. The normalized spacial score (nSPS) is 12.4. The molecule has 1 atom stereocenters. The third-order valence-electron chi connectivity index (χ3n) is 3.31. The maximum absolute atomic E-state index is 7.50. The zero-order valence-corrected chi connectivity index (χ0v) is 11.6. The van der Waals surface area contributed by atoms with E-state index < -0.39 is 0 Å². The fourth-order valence-corrected chi connectivity index (χ4v) is 2.21. The van der Waals surface area contributed by atoms with Gasteiger partial charge in [-0.2, -0.15) is 0 Å². The highest BCUT2D eigenvalue weighted by molar-refractivity contribution is 5.92. The molecule has 0 radical (unpaired) electrons. The number of aryl methyl sites for hydroxylation is 1. The van der Waals surface area contributed by atoms with E-state index in [2.05, 4.69) is 22.0 Å². The summed E-state index contributed by atoms with van der Waals surface area (Å²) >= 11 is 0. The molecule has 4 heteroatoms. The molecule has 0 aliphatic carbocycles. The number of aromatic nitrogens is 1. The van der Waals surface area contributed by atoms with Gasteiger partial charge < -0.3 is 10.6 Å². The number of pyridine rings is 1. The molecule has 0 fully saturated rings. The third-order valence-corrected chi connectivity index (χ3v) is 3.31. The van der Waals surface area contributed by atoms with E-state index in [1.807, 2.05) is 39.1 Å². The van der Waals surface area contributed by atoms with Gasteiger partial charge in [-0.25, -0.2) is 0 Å². The van der Waals surface area contributed by atoms with Crippen LogP contribution in [-0.4, -0.2) is 24.4 Å². The lowest BCUT2D eigenvalue weighted by molar-refractivity contribution is 0.730. The number of rotatable bonds is 4. The molecule has 1 heterocycles. The zero-order chi connectivity index (χ0) is 14.0. The number of benzene rings is 1. The Kier molecular flexibility index (Phi) is 3.69. The molecular formula is C15H20N4. The maximum Gasteiger partial charge on any atom is 0.0952 e. The van der Waals surface area contributed by atoms with Crippen molar-refractivity contribution in [2.75, 3.05) is 18.5 Å². The summed E-state index contributed by atoms with van der Waals surface area (Å²) in [5, 5.41) is 8.63. The third kappa shape index (κ3) is 2.84. The lowest BCUT2D eigenvalue weighted by Crippen LogP contribution is -2.32. The molecule has 0 aliphatic rings. The van der Waals surface area contributed by atoms with E-state index in [0.29, 0.717) is 0 Å². The summed E-state index contributed by atoms with van der Waals surface area (Å²) in [7, 11) is 2.03. The minimum absolute atomic E-state index is 0.0391. The van der Waals surface area contributed by atoms with Gasteiger partial charge in [-0.05, 0) is 19.1 Å². The number of nitrogens with two attached hydrogens (primary N) is 1. The summed E-state index contributed by atoms with van der Waals surface area (Å²) in [5.41, 5.74) is 8.68. The number of hydrogen-bond donors (Lipinski definition) is 2. The standard InChI is InChI=1S/C15H20N4/c1-10(15(16)17)9-19(3)14-8-11(2)18-13-7-5-4-6-12(13)14/h4-8,10H,9H2,1-3H3,(H3,16,17). The van der Waals surface area contributed by atoms with Crippen molar-refractivity contribution in [1.82, 2.24) is 4.98 Å². The summed E-state index contributed by atoms with van der Waals surface area (Å²) in [6.07, 6.45) is 0. The monoisotopic (exact) mass is 256 g/mol. The van der Waals surface area contributed by atoms with Crippen LogP contribution >= 0.6 is 0 Å². The van der Waals surface area contributed by atoms with Crippen LogP contribution in [0.15, 0.2) is 30.3 Å². The molecule has 1 aromatic heterocycles. The first-order chi connectivity index (χ1) is 8.99. The van der Waals surface area contributed by atoms with Gasteiger partial charge in [0, 0.05) is 36.3 Å². The van der Waals surface area contributed by atoms with Crippen LogP contribution in [0.2, 0.25) is 0 Å². The molecule has 0 aliphatic heterocycles. The van der Waals surface area contributed by atoms with Crippen molar-refractivity contribution in [1.29, 1.82) is 5.41 Å². The van der Waals surface area contributed by atoms with Crippen LogP contribution in [0.5, 0.6) is 0 Å². The Morgan fingerprint density at radius 3 is 2.79 bits per heavy atom. The van der Waals surface area contributed by atoms with Gasteiger partial charge >= 0.3 is 0 Å². The number of para-hydroxylation sites is 1. The fourth-order valence-electron chi connectivity index (χ4n) is 2.21. The summed E-state index contributed by atoms with van der Waals surface area (Å²) < 4.78 is 0. The van der Waals surface area contributed by atoms with E-state index in [-0.39, 0.29) is 11.8 Å². The Bertz CT molecular complexity index is 606. The topological polar surface area (TPSA) is 66.0 Å². The lowest BCUT2D eigenvalue weighted by Gasteiger charge is -2.24. The summed E-state index contributed by atoms with van der Waals surface area (Å²) in [4.78, 5) is 6.68. The Labute approximate surface area is 113 Å². The summed E-state index contributed by atoms with van der Waals surface area (Å²) in [5.74, 6) is 0.263. The van der Waals surface area contributed by atoms with Crippen molar-refractivity contribution in [3.8, 4) is 0 Å². The molecule has 19 heavy (non-hydrogen) atoms. The number of fused-ring (bicyclic) bond motifs is 1. The van der Waals surface area contributed by atoms with Crippen LogP contribution in [0.1, 0.15) is 12.6 Å². The van der Waals surface area contributed by atoms with E-state index >= 15 is 0 Å². The van der Waals surface area contributed by atoms with E-state index in [9.17, 15) is 0 Å². The second kappa shape index (κ2) is 5.26. The second-order valence-electron chi connectivity index (χ2n) is 5.04. The van der Waals surface area contributed by atoms with Crippen molar-refractivity contribution >= 4 is 22.4 Å². The van der Waals surface area contributed by atoms with Gasteiger partial charge in [0.15, 0.2) is 0 Å². The highest BCUT2D eigenvalue weighted by atomic mass is 15.1. The highest BCUT2D eigenvalue weighted by Crippen LogP contribution is 2.26. The molecule has 0 saturated carbocycles. The Morgan fingerprint density at radius 2 is 2.11 bits per heavy atom. The Hall–Kier alpha value is -2.10. The average Bonchev–Trinajstić information content (AvgIpc) is 2.37. The molecule has 100 valence electrons. The van der Waals surface area contributed by atoms with E-state index in [1.54, 1.807) is 0 Å². The van der Waals surface area contributed by atoms with Crippen molar-refractivity contribution in [2.45, 2.75) is 13.8 Å². The smallest absolute Gasteiger partial charge is 0.0952 e. The largest absolute Gasteiger partial charge is 0.387 e. The molecule has 0 amide bonds. The SMILES string of the molecule is Cc1cc(N(C)CC(C)C(=N)N)c2ccccc2n1. The Morgan fingerprint density at radius 1 is 1.42 bits per heavy atom. The molecular weight excluding hydrogens is 236 g/mol. The van der Waals surface area contributed by atoms with Gasteiger partial charge in [-0.15, -0.1) is 0 Å². The lowest BCUT2D eigenvalue weighted by atomic mass is 10.1. The number of hydrogen-bond acceptors (Lipinski definition) is 3. The van der Waals surface area contributed by atoms with Crippen molar-refractivity contribution in [2.24, 2.45) is 11.7 Å². The molecule has 0 saturated heterocycles. The van der Waals surface area contributed by atoms with Crippen LogP contribution in [0.3, 0.4) is 0 Å². The zero-order valence-electron chi connectivity index (χ0n) is 11.6. The number of anilines is 1. The summed E-state index contributed by atoms with van der Waals surface area (Å²) in [6, 6.07) is 10.2. The highest BCUT2D eigenvalue weighted by Gasteiger charge is 2.12. The van der Waals surface area contributed by atoms with Gasteiger partial charge in [-0.1, -0.05) is 25.1 Å². The van der Waals surface area contributed by atoms with Gasteiger partial charge in [0.1, 0.15) is 0 Å². The van der Waals surface area contributed by atoms with Gasteiger partial charge in [0.2, 0.25) is 0 Å². The van der Waals surface area contributed by atoms with Crippen LogP contribution in [0.25, 0.3) is 10.9 Å². The quantitative estimate of drug-likeness (QED) is 0.652. The first kappa shape index (κ1) is 13.3. The minimum Gasteiger partial charge on any atom is -0.387 e. The molecule has 4 nitrogen and oxygen atoms in total. The molecule has 2 aromatic rings. The predicted octanol–water partition coefficient (Wildman–Crippen LogP) is 2.55. The Balaban J connectivity index is 2.41. The molecule has 2 rings (SSSR count). The van der Waals surface area contributed by atoms with Crippen LogP contribution in [0.4, 0.5) is 5.69 Å². The number of nitrogens with one attached hydrogen (secondary N) is 1. The first-order valence-electron chi connectivity index (χ1n) is 6.40. The fraction of sp³-hybridized carbons (Fsp3) is 0.333. The molecule has 0 spiro atoms. The molecule has 0 bridgehead atoms. The van der Waals surface area contributed by atoms with E-state index in [4.69, 9.17) is 11.1 Å². The van der Waals surface area contributed by atoms with Crippen LogP contribution in [0, 0.1) is 18.3 Å². The van der Waals surface area contributed by atoms with Gasteiger partial charge in [-0.3, -0.25) is 10.4 Å². The van der Waals surface area contributed by atoms with Crippen LogP contribution in [-0.2, 0) is 0 Å². The second-order valence-corrected chi connectivity index (χ2v) is 5.04. The average molecular weight is 256 g/mol. The van der Waals surface area contributed by atoms with Crippen molar-refractivity contribution < 1.29 is 0 Å². The molecule has 3 N–H and O–H groups in total. The number of amidine groups is 1. The first-order valence-corrected chi connectivity index (χ1v) is 6.40. The summed E-state index contributed by atoms with van der Waals surface area (Å²) in [6.45, 7) is 4.69. The minimum atomic E-state index is 0.0391. The van der Waals surface area contributed by atoms with Crippen molar-refractivity contribution in [3.05, 3.63) is 36.0 Å². The van der Waals surface area contributed by atoms with Crippen molar-refractivity contribution in [3.63, 3.8) is 0 Å². The van der Waals surface area contributed by atoms with E-state index in [1.165, 1.54) is 0 Å². The van der Waals surface area contributed by atoms with Gasteiger partial charge in [0.05, 0.1) is 11.4 Å². The van der Waals surface area contributed by atoms with E-state index in [0.717, 1.165) is 28.8 Å². The van der Waals surface area contributed by atoms with Gasteiger partial charge in [0.25, 0.3) is 0 Å². The predicted molar refractivity (Wildman–Crippen MR) is 80.8 cm³/mol.